The second-order valence-electron chi connectivity index (χ2n) is 8.09. The molecule has 3 aliphatic rings. The van der Waals surface area contributed by atoms with Crippen LogP contribution in [0, 0.1) is 0 Å². The van der Waals surface area contributed by atoms with Crippen molar-refractivity contribution in [2.24, 2.45) is 4.99 Å². The molecule has 164 valence electrons. The van der Waals surface area contributed by atoms with Gasteiger partial charge in [0.05, 0.1) is 32.0 Å². The van der Waals surface area contributed by atoms with Gasteiger partial charge in [-0.3, -0.25) is 9.89 Å². The number of aliphatic imine (C=N–C) groups is 1. The molecule has 3 heterocycles. The van der Waals surface area contributed by atoms with Crippen molar-refractivity contribution in [3.8, 4) is 0 Å². The van der Waals surface area contributed by atoms with Gasteiger partial charge in [0, 0.05) is 51.9 Å². The Balaban J connectivity index is 0.00000280. The van der Waals surface area contributed by atoms with E-state index >= 15 is 0 Å². The molecule has 0 spiro atoms. The molecule has 0 aromatic rings. The Bertz CT molecular complexity index is 468. The minimum Gasteiger partial charge on any atom is -0.379 e. The number of nitrogens with zero attached hydrogens (tertiary/aromatic N) is 3. The molecule has 28 heavy (non-hydrogen) atoms. The molecule has 3 rings (SSSR count). The number of hydrogen-bond acceptors (Lipinski definition) is 5. The van der Waals surface area contributed by atoms with Crippen molar-refractivity contribution < 1.29 is 14.2 Å². The molecule has 0 radical (unpaired) electrons. The smallest absolute Gasteiger partial charge is 0.193 e. The minimum atomic E-state index is 0. The highest BCUT2D eigenvalue weighted by Crippen LogP contribution is 2.18. The Hall–Kier alpha value is -0.160. The lowest BCUT2D eigenvalue weighted by Gasteiger charge is -2.39. The highest BCUT2D eigenvalue weighted by molar-refractivity contribution is 14.0. The number of rotatable bonds is 6. The van der Waals surface area contributed by atoms with Crippen LogP contribution in [-0.4, -0.2) is 99.7 Å². The molecule has 1 N–H and O–H groups in total. The van der Waals surface area contributed by atoms with E-state index in [9.17, 15) is 0 Å². The molecule has 0 saturated carbocycles. The second kappa shape index (κ2) is 12.5. The summed E-state index contributed by atoms with van der Waals surface area (Å²) in [4.78, 5) is 9.39. The zero-order chi connectivity index (χ0) is 19.1. The lowest BCUT2D eigenvalue weighted by Crippen LogP contribution is -2.54. The number of likely N-dealkylation sites (tertiary alicyclic amines) is 1. The molecule has 0 aromatic carbocycles. The number of halogens is 1. The highest BCUT2D eigenvalue weighted by Gasteiger charge is 2.26. The normalized spacial score (nSPS) is 28.8. The fourth-order valence-electron chi connectivity index (χ4n) is 4.34. The summed E-state index contributed by atoms with van der Waals surface area (Å²) in [5, 5.41) is 3.58. The van der Waals surface area contributed by atoms with E-state index < -0.39 is 0 Å². The Kier molecular flexibility index (Phi) is 10.8. The van der Waals surface area contributed by atoms with E-state index in [0.29, 0.717) is 24.3 Å². The number of ether oxygens (including phenoxy) is 3. The van der Waals surface area contributed by atoms with E-state index in [1.165, 1.54) is 6.42 Å². The van der Waals surface area contributed by atoms with Crippen LogP contribution in [0.15, 0.2) is 4.99 Å². The molecule has 0 amide bonds. The first-order valence-electron chi connectivity index (χ1n) is 10.7. The molecule has 3 atom stereocenters. The van der Waals surface area contributed by atoms with Gasteiger partial charge in [-0.05, 0) is 39.5 Å². The van der Waals surface area contributed by atoms with Crippen LogP contribution in [0.2, 0.25) is 0 Å². The van der Waals surface area contributed by atoms with Gasteiger partial charge < -0.3 is 24.4 Å². The first-order chi connectivity index (χ1) is 13.2. The van der Waals surface area contributed by atoms with Crippen molar-refractivity contribution in [3.05, 3.63) is 0 Å². The molecule has 3 unspecified atom stereocenters. The summed E-state index contributed by atoms with van der Waals surface area (Å²) < 4.78 is 17.3. The summed E-state index contributed by atoms with van der Waals surface area (Å²) >= 11 is 0. The minimum absolute atomic E-state index is 0. The fraction of sp³-hybridized carbons (Fsp3) is 0.950. The van der Waals surface area contributed by atoms with Gasteiger partial charge in [0.15, 0.2) is 5.96 Å². The average Bonchev–Trinajstić information content (AvgIpc) is 3.21. The van der Waals surface area contributed by atoms with E-state index in [2.05, 4.69) is 34.0 Å². The fourth-order valence-corrected chi connectivity index (χ4v) is 4.34. The maximum Gasteiger partial charge on any atom is 0.193 e. The first kappa shape index (κ1) is 24.1. The predicted octanol–water partition coefficient (Wildman–Crippen LogP) is 1.95. The number of morpholine rings is 1. The molecule has 3 saturated heterocycles. The van der Waals surface area contributed by atoms with Crippen LogP contribution in [0.5, 0.6) is 0 Å². The maximum absolute atomic E-state index is 6.09. The molecule has 0 aliphatic carbocycles. The third kappa shape index (κ3) is 6.97. The van der Waals surface area contributed by atoms with E-state index in [0.717, 1.165) is 77.8 Å². The summed E-state index contributed by atoms with van der Waals surface area (Å²) in [5.74, 6) is 1.01. The SMILES string of the molecule is CN=C(NCC(C)N1CCOCC1C)N1CCC(OCC2CCCO2)CC1.I. The lowest BCUT2D eigenvalue weighted by molar-refractivity contribution is -0.0368. The summed E-state index contributed by atoms with van der Waals surface area (Å²) in [5.41, 5.74) is 0. The van der Waals surface area contributed by atoms with Gasteiger partial charge in [-0.1, -0.05) is 0 Å². The topological polar surface area (TPSA) is 58.6 Å². The first-order valence-corrected chi connectivity index (χ1v) is 10.7. The van der Waals surface area contributed by atoms with Gasteiger partial charge in [0.2, 0.25) is 0 Å². The van der Waals surface area contributed by atoms with Gasteiger partial charge in [-0.15, -0.1) is 24.0 Å². The van der Waals surface area contributed by atoms with Crippen molar-refractivity contribution in [1.29, 1.82) is 0 Å². The van der Waals surface area contributed by atoms with Crippen molar-refractivity contribution in [2.45, 2.75) is 63.8 Å². The summed E-state index contributed by atoms with van der Waals surface area (Å²) in [6.45, 7) is 11.8. The van der Waals surface area contributed by atoms with Crippen molar-refractivity contribution in [3.63, 3.8) is 0 Å². The van der Waals surface area contributed by atoms with Gasteiger partial charge in [0.1, 0.15) is 0 Å². The largest absolute Gasteiger partial charge is 0.379 e. The molecular weight excluding hydrogens is 471 g/mol. The van der Waals surface area contributed by atoms with Crippen LogP contribution in [0.3, 0.4) is 0 Å². The quantitative estimate of drug-likeness (QED) is 0.335. The predicted molar refractivity (Wildman–Crippen MR) is 123 cm³/mol. The monoisotopic (exact) mass is 510 g/mol. The molecule has 7 nitrogen and oxygen atoms in total. The van der Waals surface area contributed by atoms with Crippen LogP contribution >= 0.6 is 24.0 Å². The second-order valence-corrected chi connectivity index (χ2v) is 8.09. The molecular formula is C20H39IN4O3. The third-order valence-electron chi connectivity index (χ3n) is 6.04. The van der Waals surface area contributed by atoms with Crippen LogP contribution in [0.25, 0.3) is 0 Å². The van der Waals surface area contributed by atoms with E-state index in [1.807, 2.05) is 7.05 Å². The Morgan fingerprint density at radius 2 is 2.00 bits per heavy atom. The summed E-state index contributed by atoms with van der Waals surface area (Å²) in [6, 6.07) is 0.947. The van der Waals surface area contributed by atoms with Gasteiger partial charge in [0.25, 0.3) is 0 Å². The maximum atomic E-state index is 6.09. The Morgan fingerprint density at radius 1 is 1.21 bits per heavy atom. The van der Waals surface area contributed by atoms with Crippen LogP contribution in [0.4, 0.5) is 0 Å². The van der Waals surface area contributed by atoms with Crippen LogP contribution in [0.1, 0.15) is 39.5 Å². The Morgan fingerprint density at radius 3 is 2.64 bits per heavy atom. The van der Waals surface area contributed by atoms with Gasteiger partial charge >= 0.3 is 0 Å². The van der Waals surface area contributed by atoms with Crippen LogP contribution < -0.4 is 5.32 Å². The van der Waals surface area contributed by atoms with Crippen molar-refractivity contribution in [2.75, 3.05) is 59.7 Å². The number of piperidine rings is 1. The molecule has 0 aromatic heterocycles. The number of hydrogen-bond donors (Lipinski definition) is 1. The molecule has 0 bridgehead atoms. The van der Waals surface area contributed by atoms with Crippen molar-refractivity contribution in [1.82, 2.24) is 15.1 Å². The Labute approximate surface area is 187 Å². The summed E-state index contributed by atoms with van der Waals surface area (Å²) in [7, 11) is 1.88. The zero-order valence-corrected chi connectivity index (χ0v) is 20.1. The number of nitrogens with one attached hydrogen (secondary N) is 1. The molecule has 3 fully saturated rings. The highest BCUT2D eigenvalue weighted by atomic mass is 127. The van der Waals surface area contributed by atoms with Crippen molar-refractivity contribution >= 4 is 29.9 Å². The van der Waals surface area contributed by atoms with E-state index in [4.69, 9.17) is 14.2 Å². The lowest BCUT2D eigenvalue weighted by atomic mass is 10.1. The standard InChI is InChI=1S/C20H38N4O3.HI/c1-16(24-10-12-25-14-17(24)2)13-22-20(21-3)23-8-6-18(7-9-23)27-15-19-5-4-11-26-19;/h16-19H,4-15H2,1-3H3,(H,21,22);1H. The number of guanidine groups is 1. The molecule has 3 aliphatic heterocycles. The van der Waals surface area contributed by atoms with E-state index in [-0.39, 0.29) is 24.0 Å². The van der Waals surface area contributed by atoms with Gasteiger partial charge in [-0.25, -0.2) is 0 Å². The average molecular weight is 510 g/mol. The zero-order valence-electron chi connectivity index (χ0n) is 17.8. The summed E-state index contributed by atoms with van der Waals surface area (Å²) in [6.07, 6.45) is 5.12. The third-order valence-corrected chi connectivity index (χ3v) is 6.04. The van der Waals surface area contributed by atoms with E-state index in [1.54, 1.807) is 0 Å². The van der Waals surface area contributed by atoms with Crippen LogP contribution in [-0.2, 0) is 14.2 Å². The van der Waals surface area contributed by atoms with Gasteiger partial charge in [-0.2, -0.15) is 0 Å². The molecule has 8 heteroatoms.